The molecule has 5 nitrogen and oxygen atoms in total. The highest BCUT2D eigenvalue weighted by molar-refractivity contribution is 6.32. The van der Waals surface area contributed by atoms with Crippen molar-refractivity contribution in [2.45, 2.75) is 44.2 Å². The van der Waals surface area contributed by atoms with Crippen molar-refractivity contribution in [2.24, 2.45) is 0 Å². The largest absolute Gasteiger partial charge is 0.468 e. The Morgan fingerprint density at radius 2 is 1.68 bits per heavy atom. The summed E-state index contributed by atoms with van der Waals surface area (Å²) in [6.45, 7) is 0. The number of anilines is 1. The first kappa shape index (κ1) is 18.3. The third-order valence-electron chi connectivity index (χ3n) is 6.63. The zero-order valence-electron chi connectivity index (χ0n) is 17.1. The lowest BCUT2D eigenvalue weighted by Crippen LogP contribution is -2.72. The Kier molecular flexibility index (Phi) is 4.16. The van der Waals surface area contributed by atoms with Gasteiger partial charge in [0.05, 0.1) is 11.3 Å². The highest BCUT2D eigenvalue weighted by atomic mass is 16.5. The quantitative estimate of drug-likeness (QED) is 0.679. The van der Waals surface area contributed by atoms with Gasteiger partial charge in [-0.1, -0.05) is 55.7 Å². The van der Waals surface area contributed by atoms with Crippen LogP contribution in [0.3, 0.4) is 0 Å². The fourth-order valence-electron chi connectivity index (χ4n) is 5.09. The summed E-state index contributed by atoms with van der Waals surface area (Å²) in [7, 11) is 0. The molecule has 1 fully saturated rings. The van der Waals surface area contributed by atoms with Crippen LogP contribution < -0.4 is 15.0 Å². The predicted molar refractivity (Wildman–Crippen MR) is 119 cm³/mol. The molecular formula is C26H23N2O3+. The van der Waals surface area contributed by atoms with Gasteiger partial charge in [0.15, 0.2) is 11.5 Å². The van der Waals surface area contributed by atoms with Crippen LogP contribution >= 0.6 is 0 Å². The van der Waals surface area contributed by atoms with Gasteiger partial charge in [-0.2, -0.15) is 0 Å². The Labute approximate surface area is 180 Å². The lowest BCUT2D eigenvalue weighted by molar-refractivity contribution is -0.362. The van der Waals surface area contributed by atoms with Crippen molar-refractivity contribution in [1.29, 1.82) is 0 Å². The molecule has 4 aliphatic rings. The third-order valence-corrected chi connectivity index (χ3v) is 6.63. The molecular weight excluding hydrogens is 388 g/mol. The molecule has 1 atom stereocenters. The molecule has 0 spiro atoms. The summed E-state index contributed by atoms with van der Waals surface area (Å²) in [5, 5.41) is 3.59. The second-order valence-corrected chi connectivity index (χ2v) is 8.59. The number of nitrogens with one attached hydrogen (secondary N) is 2. The Hall–Kier alpha value is -3.47. The van der Waals surface area contributed by atoms with Gasteiger partial charge in [0.25, 0.3) is 5.69 Å². The number of benzene rings is 2. The SMILES string of the molecule is O=C1c2ccccc2C(=O)c2c3c(cc(NC4CCCCC4)c21)OC1C=CC=CC1=[NH+]3. The minimum atomic E-state index is -0.222. The molecule has 0 saturated heterocycles. The van der Waals surface area contributed by atoms with Crippen LogP contribution in [0.5, 0.6) is 5.75 Å². The molecule has 0 radical (unpaired) electrons. The van der Waals surface area contributed by atoms with Crippen molar-refractivity contribution in [3.05, 3.63) is 76.9 Å². The van der Waals surface area contributed by atoms with Crippen molar-refractivity contribution < 1.29 is 19.3 Å². The second kappa shape index (κ2) is 7.05. The van der Waals surface area contributed by atoms with Crippen molar-refractivity contribution in [1.82, 2.24) is 0 Å². The Morgan fingerprint density at radius 3 is 2.45 bits per heavy atom. The fraction of sp³-hybridized carbons (Fsp3) is 0.269. The molecule has 1 aliphatic heterocycles. The van der Waals surface area contributed by atoms with E-state index in [0.29, 0.717) is 45.4 Å². The summed E-state index contributed by atoms with van der Waals surface area (Å²) in [5.41, 5.74) is 3.94. The molecule has 2 aromatic carbocycles. The normalized spacial score (nSPS) is 21.4. The van der Waals surface area contributed by atoms with Crippen molar-refractivity contribution in [2.75, 3.05) is 5.32 Å². The molecule has 0 bridgehead atoms. The molecule has 0 amide bonds. The molecule has 2 N–H and O–H groups in total. The van der Waals surface area contributed by atoms with Crippen LogP contribution in [0.4, 0.5) is 11.4 Å². The summed E-state index contributed by atoms with van der Waals surface area (Å²) in [5.74, 6) is 0.352. The maximum absolute atomic E-state index is 13.6. The molecule has 1 saturated carbocycles. The number of hydrogen-bond donors (Lipinski definition) is 2. The smallest absolute Gasteiger partial charge is 0.258 e. The summed E-state index contributed by atoms with van der Waals surface area (Å²) < 4.78 is 6.26. The van der Waals surface area contributed by atoms with E-state index in [1.165, 1.54) is 19.3 Å². The van der Waals surface area contributed by atoms with Crippen LogP contribution in [0.1, 0.15) is 63.9 Å². The number of fused-ring (bicyclic) bond motifs is 5. The molecule has 5 heteroatoms. The van der Waals surface area contributed by atoms with E-state index in [0.717, 1.165) is 18.6 Å². The maximum Gasteiger partial charge on any atom is 0.258 e. The van der Waals surface area contributed by atoms with Crippen LogP contribution in [-0.4, -0.2) is 29.4 Å². The minimum absolute atomic E-state index is 0.112. The van der Waals surface area contributed by atoms with E-state index < -0.39 is 0 Å². The van der Waals surface area contributed by atoms with Gasteiger partial charge in [-0.15, -0.1) is 0 Å². The number of carbonyl (C=O) groups excluding carboxylic acids is 2. The van der Waals surface area contributed by atoms with Crippen LogP contribution in [0, 0.1) is 0 Å². The second-order valence-electron chi connectivity index (χ2n) is 8.59. The predicted octanol–water partition coefficient (Wildman–Crippen LogP) is 3.25. The zero-order chi connectivity index (χ0) is 20.9. The highest BCUT2D eigenvalue weighted by Gasteiger charge is 2.41. The van der Waals surface area contributed by atoms with E-state index >= 15 is 0 Å². The monoisotopic (exact) mass is 411 g/mol. The minimum Gasteiger partial charge on any atom is -0.468 e. The standard InChI is InChI=1S/C26H22N2O3/c29-25-16-10-4-5-11-17(16)26(30)23-22(25)19(27-15-8-2-1-3-9-15)14-21-24(23)28-18-12-6-7-13-20(18)31-21/h4-7,10-15,20,27H,1-3,8-9H2/p+1. The molecule has 6 rings (SSSR count). The number of hydrogen-bond acceptors (Lipinski definition) is 4. The van der Waals surface area contributed by atoms with Gasteiger partial charge in [-0.3, -0.25) is 9.59 Å². The average molecular weight is 411 g/mol. The Morgan fingerprint density at radius 1 is 0.935 bits per heavy atom. The van der Waals surface area contributed by atoms with Crippen LogP contribution in [0.2, 0.25) is 0 Å². The Balaban J connectivity index is 1.56. The van der Waals surface area contributed by atoms with Crippen LogP contribution in [0.15, 0.2) is 54.6 Å². The zero-order valence-corrected chi connectivity index (χ0v) is 17.1. The summed E-state index contributed by atoms with van der Waals surface area (Å²) >= 11 is 0. The topological polar surface area (TPSA) is 69.4 Å². The van der Waals surface area contributed by atoms with Gasteiger partial charge in [-0.25, -0.2) is 4.99 Å². The molecule has 31 heavy (non-hydrogen) atoms. The average Bonchev–Trinajstić information content (AvgIpc) is 2.81. The maximum atomic E-state index is 13.6. The molecule has 154 valence electrons. The fourth-order valence-corrected chi connectivity index (χ4v) is 5.09. The molecule has 1 heterocycles. The van der Waals surface area contributed by atoms with E-state index in [9.17, 15) is 9.59 Å². The first-order valence-electron chi connectivity index (χ1n) is 11.0. The summed E-state index contributed by atoms with van der Waals surface area (Å²) in [6.07, 6.45) is 13.3. The van der Waals surface area contributed by atoms with E-state index in [2.05, 4.69) is 10.3 Å². The summed E-state index contributed by atoms with van der Waals surface area (Å²) in [4.78, 5) is 30.6. The van der Waals surface area contributed by atoms with Gasteiger partial charge in [0, 0.05) is 29.3 Å². The molecule has 3 aliphatic carbocycles. The van der Waals surface area contributed by atoms with Gasteiger partial charge in [-0.05, 0) is 18.9 Å². The number of ketones is 2. The van der Waals surface area contributed by atoms with E-state index in [-0.39, 0.29) is 17.7 Å². The number of ether oxygens (including phenoxy) is 1. The van der Waals surface area contributed by atoms with Crippen LogP contribution in [-0.2, 0) is 0 Å². The molecule has 2 aromatic rings. The van der Waals surface area contributed by atoms with Gasteiger partial charge >= 0.3 is 0 Å². The molecule has 0 aromatic heterocycles. The number of rotatable bonds is 2. The van der Waals surface area contributed by atoms with Gasteiger partial charge in [0.1, 0.15) is 5.56 Å². The van der Waals surface area contributed by atoms with Crippen molar-refractivity contribution in [3.63, 3.8) is 0 Å². The van der Waals surface area contributed by atoms with Crippen molar-refractivity contribution >= 4 is 28.7 Å². The first-order valence-corrected chi connectivity index (χ1v) is 11.0. The first-order chi connectivity index (χ1) is 15.2. The van der Waals surface area contributed by atoms with Gasteiger partial charge < -0.3 is 10.1 Å². The number of carbonyl (C=O) groups is 2. The Bertz CT molecular complexity index is 1220. The molecule has 1 unspecified atom stereocenters. The van der Waals surface area contributed by atoms with E-state index in [1.54, 1.807) is 18.2 Å². The third kappa shape index (κ3) is 2.87. The lowest BCUT2D eigenvalue weighted by atomic mass is 9.81. The van der Waals surface area contributed by atoms with Crippen molar-refractivity contribution in [3.8, 4) is 5.75 Å². The van der Waals surface area contributed by atoms with E-state index in [1.807, 2.05) is 36.4 Å². The van der Waals surface area contributed by atoms with Gasteiger partial charge in [0.2, 0.25) is 17.6 Å². The van der Waals surface area contributed by atoms with E-state index in [4.69, 9.17) is 4.74 Å². The highest BCUT2D eigenvalue weighted by Crippen LogP contribution is 2.42. The lowest BCUT2D eigenvalue weighted by Gasteiger charge is -2.29. The van der Waals surface area contributed by atoms with Crippen LogP contribution in [0.25, 0.3) is 0 Å². The number of allylic oxidation sites excluding steroid dienone is 2. The summed E-state index contributed by atoms with van der Waals surface area (Å²) in [6, 6.07) is 9.28.